The molecule has 9 rings (SSSR count). The van der Waals surface area contributed by atoms with Crippen LogP contribution in [0.3, 0.4) is 0 Å². The molecule has 5 nitrogen and oxygen atoms in total. The minimum atomic E-state index is 0.614. The number of hydrogen-bond donors (Lipinski definition) is 0. The lowest BCUT2D eigenvalue weighted by molar-refractivity contribution is 1.07. The Morgan fingerprint density at radius 3 is 1.57 bits per heavy atom. The Morgan fingerprint density at radius 1 is 0.383 bits per heavy atom. The van der Waals surface area contributed by atoms with Gasteiger partial charge in [-0.25, -0.2) is 19.9 Å². The van der Waals surface area contributed by atoms with Gasteiger partial charge in [0.15, 0.2) is 17.5 Å². The van der Waals surface area contributed by atoms with Gasteiger partial charge in [-0.3, -0.25) is 0 Å². The standard InChI is InChI=1S/C42H27N5/c1-4-15-28(16-5-1)40-44-41(29-17-6-2-7-18-29)46-42(45-40)31-20-14-19-30(27-31)38-37-34-24-11-13-26-36(34)47(32-21-8-3-9-22-32)39(37)33-23-10-12-25-35(33)43-38/h1-27H. The van der Waals surface area contributed by atoms with Crippen molar-refractivity contribution in [3.8, 4) is 51.1 Å². The summed E-state index contributed by atoms with van der Waals surface area (Å²) in [5, 5.41) is 3.38. The van der Waals surface area contributed by atoms with Gasteiger partial charge in [-0.1, -0.05) is 133 Å². The molecule has 0 radical (unpaired) electrons. The predicted molar refractivity (Wildman–Crippen MR) is 191 cm³/mol. The molecule has 0 saturated carbocycles. The van der Waals surface area contributed by atoms with E-state index in [0.29, 0.717) is 17.5 Å². The maximum atomic E-state index is 5.33. The molecule has 0 spiro atoms. The molecule has 6 aromatic carbocycles. The fourth-order valence-corrected chi connectivity index (χ4v) is 6.48. The summed E-state index contributed by atoms with van der Waals surface area (Å²) < 4.78 is 2.37. The fourth-order valence-electron chi connectivity index (χ4n) is 6.48. The largest absolute Gasteiger partial charge is 0.308 e. The van der Waals surface area contributed by atoms with E-state index in [4.69, 9.17) is 19.9 Å². The van der Waals surface area contributed by atoms with Crippen LogP contribution in [-0.4, -0.2) is 24.5 Å². The molecule has 3 heterocycles. The van der Waals surface area contributed by atoms with Crippen LogP contribution in [0.25, 0.3) is 83.8 Å². The maximum Gasteiger partial charge on any atom is 0.164 e. The minimum Gasteiger partial charge on any atom is -0.308 e. The molecule has 0 fully saturated rings. The summed E-state index contributed by atoms with van der Waals surface area (Å²) in [5.41, 5.74) is 9.04. The van der Waals surface area contributed by atoms with E-state index in [9.17, 15) is 0 Å². The van der Waals surface area contributed by atoms with Crippen molar-refractivity contribution < 1.29 is 0 Å². The van der Waals surface area contributed by atoms with Gasteiger partial charge in [0.05, 0.1) is 22.2 Å². The molecule has 0 atom stereocenters. The molecule has 0 aliphatic heterocycles. The van der Waals surface area contributed by atoms with Gasteiger partial charge in [0.2, 0.25) is 0 Å². The molecule has 0 saturated heterocycles. The summed E-state index contributed by atoms with van der Waals surface area (Å²) in [7, 11) is 0. The van der Waals surface area contributed by atoms with Gasteiger partial charge in [0, 0.05) is 44.1 Å². The second-order valence-corrected chi connectivity index (χ2v) is 11.5. The van der Waals surface area contributed by atoms with Crippen molar-refractivity contribution in [3.63, 3.8) is 0 Å². The molecule has 0 bridgehead atoms. The molecule has 9 aromatic rings. The van der Waals surface area contributed by atoms with Crippen molar-refractivity contribution in [1.29, 1.82) is 0 Å². The monoisotopic (exact) mass is 601 g/mol. The van der Waals surface area contributed by atoms with Gasteiger partial charge in [0.25, 0.3) is 0 Å². The average molecular weight is 602 g/mol. The van der Waals surface area contributed by atoms with Gasteiger partial charge in [0.1, 0.15) is 0 Å². The van der Waals surface area contributed by atoms with Crippen molar-refractivity contribution in [1.82, 2.24) is 24.5 Å². The fraction of sp³-hybridized carbons (Fsp3) is 0. The highest BCUT2D eigenvalue weighted by Gasteiger charge is 2.21. The Hall–Kier alpha value is -6.46. The molecular formula is C42H27N5. The first-order chi connectivity index (χ1) is 23.3. The Bertz CT molecular complexity index is 2500. The van der Waals surface area contributed by atoms with E-state index in [1.54, 1.807) is 0 Å². The zero-order chi connectivity index (χ0) is 31.2. The second-order valence-electron chi connectivity index (χ2n) is 11.5. The normalized spacial score (nSPS) is 11.4. The van der Waals surface area contributed by atoms with Gasteiger partial charge in [-0.2, -0.15) is 0 Å². The first-order valence-electron chi connectivity index (χ1n) is 15.7. The maximum absolute atomic E-state index is 5.33. The van der Waals surface area contributed by atoms with Crippen molar-refractivity contribution in [2.24, 2.45) is 0 Å². The van der Waals surface area contributed by atoms with Crippen LogP contribution < -0.4 is 0 Å². The molecule has 47 heavy (non-hydrogen) atoms. The Labute approximate surface area is 271 Å². The van der Waals surface area contributed by atoms with E-state index in [0.717, 1.165) is 66.3 Å². The molecule has 0 amide bonds. The number of nitrogens with zero attached hydrogens (tertiary/aromatic N) is 5. The molecule has 0 aliphatic carbocycles. The van der Waals surface area contributed by atoms with Crippen LogP contribution in [-0.2, 0) is 0 Å². The summed E-state index contributed by atoms with van der Waals surface area (Å²) in [5.74, 6) is 1.89. The van der Waals surface area contributed by atoms with Crippen LogP contribution in [0.1, 0.15) is 0 Å². The lowest BCUT2D eigenvalue weighted by Gasteiger charge is -2.12. The van der Waals surface area contributed by atoms with Gasteiger partial charge >= 0.3 is 0 Å². The first kappa shape index (κ1) is 26.9. The van der Waals surface area contributed by atoms with Crippen LogP contribution in [0.2, 0.25) is 0 Å². The molecular weight excluding hydrogens is 574 g/mol. The van der Waals surface area contributed by atoms with Crippen LogP contribution in [0.4, 0.5) is 0 Å². The average Bonchev–Trinajstić information content (AvgIpc) is 3.51. The van der Waals surface area contributed by atoms with Crippen LogP contribution in [0.5, 0.6) is 0 Å². The lowest BCUT2D eigenvalue weighted by atomic mass is 10.0. The van der Waals surface area contributed by atoms with Gasteiger partial charge in [-0.15, -0.1) is 0 Å². The molecule has 220 valence electrons. The smallest absolute Gasteiger partial charge is 0.164 e. The number of aromatic nitrogens is 5. The van der Waals surface area contributed by atoms with E-state index in [1.807, 2.05) is 60.7 Å². The van der Waals surface area contributed by atoms with Crippen molar-refractivity contribution in [2.75, 3.05) is 0 Å². The third kappa shape index (κ3) is 4.64. The first-order valence-corrected chi connectivity index (χ1v) is 15.7. The molecule has 5 heteroatoms. The SMILES string of the molecule is c1ccc(-c2nc(-c3ccccc3)nc(-c3cccc(-c4nc5ccccc5c5c4c4ccccc4n5-c4ccccc4)c3)n2)cc1. The number of para-hydroxylation sites is 3. The number of pyridine rings is 1. The molecule has 3 aromatic heterocycles. The van der Waals surface area contributed by atoms with Crippen molar-refractivity contribution in [3.05, 3.63) is 164 Å². The quantitative estimate of drug-likeness (QED) is 0.197. The topological polar surface area (TPSA) is 56.5 Å². The third-order valence-electron chi connectivity index (χ3n) is 8.61. The Kier molecular flexibility index (Phi) is 6.39. The molecule has 0 aliphatic rings. The summed E-state index contributed by atoms with van der Waals surface area (Å²) in [6.07, 6.45) is 0. The van der Waals surface area contributed by atoms with Crippen LogP contribution >= 0.6 is 0 Å². The third-order valence-corrected chi connectivity index (χ3v) is 8.61. The highest BCUT2D eigenvalue weighted by atomic mass is 15.0. The minimum absolute atomic E-state index is 0.614. The summed E-state index contributed by atoms with van der Waals surface area (Å²) in [6, 6.07) is 56.1. The number of benzene rings is 6. The summed E-state index contributed by atoms with van der Waals surface area (Å²) in [4.78, 5) is 20.2. The number of hydrogen-bond acceptors (Lipinski definition) is 4. The predicted octanol–water partition coefficient (Wildman–Crippen LogP) is 10.2. The van der Waals surface area contributed by atoms with Crippen LogP contribution in [0, 0.1) is 0 Å². The summed E-state index contributed by atoms with van der Waals surface area (Å²) in [6.45, 7) is 0. The van der Waals surface area contributed by atoms with Crippen molar-refractivity contribution >= 4 is 32.7 Å². The van der Waals surface area contributed by atoms with E-state index < -0.39 is 0 Å². The number of rotatable bonds is 5. The Morgan fingerprint density at radius 2 is 0.894 bits per heavy atom. The van der Waals surface area contributed by atoms with Gasteiger partial charge < -0.3 is 4.57 Å². The lowest BCUT2D eigenvalue weighted by Crippen LogP contribution is -2.00. The van der Waals surface area contributed by atoms with E-state index >= 15 is 0 Å². The van der Waals surface area contributed by atoms with Crippen LogP contribution in [0.15, 0.2) is 164 Å². The van der Waals surface area contributed by atoms with E-state index in [-0.39, 0.29) is 0 Å². The highest BCUT2D eigenvalue weighted by molar-refractivity contribution is 6.22. The number of fused-ring (bicyclic) bond motifs is 5. The van der Waals surface area contributed by atoms with Gasteiger partial charge in [-0.05, 0) is 30.3 Å². The second kappa shape index (κ2) is 11.2. The van der Waals surface area contributed by atoms with Crippen molar-refractivity contribution in [2.45, 2.75) is 0 Å². The zero-order valence-electron chi connectivity index (χ0n) is 25.3. The highest BCUT2D eigenvalue weighted by Crippen LogP contribution is 2.41. The van der Waals surface area contributed by atoms with E-state index in [1.165, 1.54) is 0 Å². The molecule has 0 unspecified atom stereocenters. The molecule has 0 N–H and O–H groups in total. The Balaban J connectivity index is 1.31. The van der Waals surface area contributed by atoms with E-state index in [2.05, 4.69) is 108 Å². The summed E-state index contributed by atoms with van der Waals surface area (Å²) >= 11 is 0. The zero-order valence-corrected chi connectivity index (χ0v) is 25.3.